The maximum atomic E-state index is 14.1. The molecule has 128 valence electrons. The molecule has 1 aliphatic rings. The molecule has 2 aromatic rings. The van der Waals surface area contributed by atoms with Gasteiger partial charge in [0.05, 0.1) is 11.1 Å². The first-order valence-corrected chi connectivity index (χ1v) is 9.15. The summed E-state index contributed by atoms with van der Waals surface area (Å²) in [5.41, 5.74) is 0.498. The number of hydrogen-bond donors (Lipinski definition) is 1. The molecule has 24 heavy (non-hydrogen) atoms. The Morgan fingerprint density at radius 2 is 1.92 bits per heavy atom. The van der Waals surface area contributed by atoms with Gasteiger partial charge in [-0.3, -0.25) is 0 Å². The summed E-state index contributed by atoms with van der Waals surface area (Å²) in [6.07, 6.45) is 0. The lowest BCUT2D eigenvalue weighted by Crippen LogP contribution is -2.48. The summed E-state index contributed by atoms with van der Waals surface area (Å²) in [5, 5.41) is 2.91. The average Bonchev–Trinajstić information content (AvgIpc) is 2.54. The fourth-order valence-electron chi connectivity index (χ4n) is 2.82. The Morgan fingerprint density at radius 3 is 2.62 bits per heavy atom. The van der Waals surface area contributed by atoms with Crippen molar-refractivity contribution in [1.29, 1.82) is 0 Å². The van der Waals surface area contributed by atoms with Crippen LogP contribution in [0.5, 0.6) is 0 Å². The zero-order valence-corrected chi connectivity index (χ0v) is 14.1. The zero-order valence-electron chi connectivity index (χ0n) is 12.5. The first-order chi connectivity index (χ1) is 11.4. The molecule has 4 nitrogen and oxygen atoms in total. The number of sulfonamides is 1. The Kier molecular flexibility index (Phi) is 4.87. The van der Waals surface area contributed by atoms with Crippen molar-refractivity contribution in [3.8, 4) is 0 Å². The topological polar surface area (TPSA) is 49.4 Å². The van der Waals surface area contributed by atoms with Crippen LogP contribution in [0.2, 0.25) is 5.02 Å². The van der Waals surface area contributed by atoms with Gasteiger partial charge < -0.3 is 5.32 Å². The molecule has 2 aromatic carbocycles. The largest absolute Gasteiger partial charge is 0.313 e. The summed E-state index contributed by atoms with van der Waals surface area (Å²) < 4.78 is 54.8. The van der Waals surface area contributed by atoms with Gasteiger partial charge in [0, 0.05) is 19.6 Å². The fourth-order valence-corrected chi connectivity index (χ4v) is 5.00. The number of rotatable bonds is 3. The lowest BCUT2D eigenvalue weighted by molar-refractivity contribution is 0.270. The average molecular weight is 373 g/mol. The van der Waals surface area contributed by atoms with Gasteiger partial charge in [0.1, 0.15) is 16.5 Å². The van der Waals surface area contributed by atoms with Crippen LogP contribution in [0, 0.1) is 11.6 Å². The Balaban J connectivity index is 2.07. The molecule has 0 radical (unpaired) electrons. The van der Waals surface area contributed by atoms with Crippen LogP contribution in [0.25, 0.3) is 0 Å². The van der Waals surface area contributed by atoms with Crippen LogP contribution in [0.3, 0.4) is 0 Å². The summed E-state index contributed by atoms with van der Waals surface area (Å²) in [5.74, 6) is -1.36. The van der Waals surface area contributed by atoms with Gasteiger partial charge in [-0.1, -0.05) is 29.8 Å². The van der Waals surface area contributed by atoms with E-state index in [0.717, 1.165) is 6.07 Å². The molecule has 1 heterocycles. The highest BCUT2D eigenvalue weighted by molar-refractivity contribution is 7.89. The van der Waals surface area contributed by atoms with Gasteiger partial charge in [-0.2, -0.15) is 4.31 Å². The highest BCUT2D eigenvalue weighted by Crippen LogP contribution is 2.33. The third kappa shape index (κ3) is 3.17. The van der Waals surface area contributed by atoms with Crippen LogP contribution in [-0.2, 0) is 10.0 Å². The minimum absolute atomic E-state index is 0.133. The molecule has 0 aliphatic carbocycles. The van der Waals surface area contributed by atoms with Gasteiger partial charge >= 0.3 is 0 Å². The van der Waals surface area contributed by atoms with Crippen molar-refractivity contribution in [2.75, 3.05) is 19.6 Å². The van der Waals surface area contributed by atoms with E-state index >= 15 is 0 Å². The van der Waals surface area contributed by atoms with E-state index in [0.29, 0.717) is 18.7 Å². The molecular weight excluding hydrogens is 358 g/mol. The van der Waals surface area contributed by atoms with Crippen LogP contribution >= 0.6 is 11.6 Å². The molecule has 1 aliphatic heterocycles. The SMILES string of the molecule is O=S(=O)(c1c(F)cccc1Cl)N1CCNCC1c1cccc(F)c1. The number of piperazine rings is 1. The quantitative estimate of drug-likeness (QED) is 0.901. The van der Waals surface area contributed by atoms with Crippen molar-refractivity contribution in [3.05, 3.63) is 64.7 Å². The molecule has 0 bridgehead atoms. The lowest BCUT2D eigenvalue weighted by Gasteiger charge is -2.35. The minimum Gasteiger partial charge on any atom is -0.313 e. The molecule has 0 saturated carbocycles. The fraction of sp³-hybridized carbons (Fsp3) is 0.250. The predicted molar refractivity (Wildman–Crippen MR) is 87.3 cm³/mol. The first kappa shape index (κ1) is 17.3. The molecule has 8 heteroatoms. The minimum atomic E-state index is -4.17. The summed E-state index contributed by atoms with van der Waals surface area (Å²) in [7, 11) is -4.17. The van der Waals surface area contributed by atoms with Crippen LogP contribution in [-0.4, -0.2) is 32.4 Å². The normalized spacial score (nSPS) is 19.4. The Bertz CT molecular complexity index is 841. The number of nitrogens with one attached hydrogen (secondary N) is 1. The number of halogens is 3. The zero-order chi connectivity index (χ0) is 17.3. The van der Waals surface area contributed by atoms with Crippen molar-refractivity contribution in [2.24, 2.45) is 0 Å². The Labute approximate surface area is 144 Å². The predicted octanol–water partition coefficient (Wildman–Crippen LogP) is 2.95. The molecule has 0 amide bonds. The summed E-state index contributed by atoms with van der Waals surface area (Å²) >= 11 is 5.93. The second-order valence-electron chi connectivity index (χ2n) is 5.44. The highest BCUT2D eigenvalue weighted by Gasteiger charge is 2.37. The van der Waals surface area contributed by atoms with Crippen molar-refractivity contribution >= 4 is 21.6 Å². The van der Waals surface area contributed by atoms with E-state index in [9.17, 15) is 17.2 Å². The number of benzene rings is 2. The summed E-state index contributed by atoms with van der Waals surface area (Å²) in [4.78, 5) is -0.546. The summed E-state index contributed by atoms with van der Waals surface area (Å²) in [6, 6.07) is 8.81. The third-order valence-corrected chi connectivity index (χ3v) is 6.33. The third-order valence-electron chi connectivity index (χ3n) is 3.91. The monoisotopic (exact) mass is 372 g/mol. The first-order valence-electron chi connectivity index (χ1n) is 7.33. The smallest absolute Gasteiger partial charge is 0.248 e. The van der Waals surface area contributed by atoms with Crippen LogP contribution in [0.1, 0.15) is 11.6 Å². The van der Waals surface area contributed by atoms with Gasteiger partial charge in [-0.25, -0.2) is 17.2 Å². The van der Waals surface area contributed by atoms with Gasteiger partial charge in [0.15, 0.2) is 0 Å². The second kappa shape index (κ2) is 6.76. The van der Waals surface area contributed by atoms with Crippen LogP contribution in [0.4, 0.5) is 8.78 Å². The maximum absolute atomic E-state index is 14.1. The highest BCUT2D eigenvalue weighted by atomic mass is 35.5. The van der Waals surface area contributed by atoms with E-state index in [1.54, 1.807) is 6.07 Å². The van der Waals surface area contributed by atoms with Gasteiger partial charge in [-0.05, 0) is 29.8 Å². The molecule has 0 aromatic heterocycles. The number of hydrogen-bond acceptors (Lipinski definition) is 3. The molecular formula is C16H15ClF2N2O2S. The molecule has 1 fully saturated rings. The van der Waals surface area contributed by atoms with Crippen LogP contribution < -0.4 is 5.32 Å². The van der Waals surface area contributed by atoms with E-state index < -0.39 is 32.6 Å². The van der Waals surface area contributed by atoms with Crippen molar-refractivity contribution in [1.82, 2.24) is 9.62 Å². The molecule has 1 atom stereocenters. The summed E-state index contributed by atoms with van der Waals surface area (Å²) in [6.45, 7) is 0.847. The van der Waals surface area contributed by atoms with Crippen LogP contribution in [0.15, 0.2) is 47.4 Å². The Morgan fingerprint density at radius 1 is 1.17 bits per heavy atom. The van der Waals surface area contributed by atoms with Crippen molar-refractivity contribution in [2.45, 2.75) is 10.9 Å². The lowest BCUT2D eigenvalue weighted by atomic mass is 10.1. The molecule has 0 spiro atoms. The second-order valence-corrected chi connectivity index (χ2v) is 7.68. The molecule has 1 unspecified atom stereocenters. The van der Waals surface area contributed by atoms with Crippen molar-refractivity contribution < 1.29 is 17.2 Å². The van der Waals surface area contributed by atoms with E-state index in [2.05, 4.69) is 5.32 Å². The molecule has 3 rings (SSSR count). The number of nitrogens with zero attached hydrogens (tertiary/aromatic N) is 1. The van der Waals surface area contributed by atoms with Crippen molar-refractivity contribution in [3.63, 3.8) is 0 Å². The van der Waals surface area contributed by atoms with Gasteiger partial charge in [0.2, 0.25) is 10.0 Å². The van der Waals surface area contributed by atoms with E-state index in [-0.39, 0.29) is 11.6 Å². The van der Waals surface area contributed by atoms with E-state index in [1.165, 1.54) is 34.6 Å². The van der Waals surface area contributed by atoms with Gasteiger partial charge in [0.25, 0.3) is 0 Å². The van der Waals surface area contributed by atoms with E-state index in [4.69, 9.17) is 11.6 Å². The van der Waals surface area contributed by atoms with E-state index in [1.807, 2.05) is 0 Å². The standard InChI is InChI=1S/C16H15ClF2N2O2S/c17-13-5-2-6-14(19)16(13)24(22,23)21-8-7-20-10-15(21)11-3-1-4-12(18)9-11/h1-6,9,15,20H,7-8,10H2. The molecule has 1 N–H and O–H groups in total. The Hall–Kier alpha value is -1.54. The molecule has 1 saturated heterocycles. The van der Waals surface area contributed by atoms with Gasteiger partial charge in [-0.15, -0.1) is 0 Å². The maximum Gasteiger partial charge on any atom is 0.248 e.